The second kappa shape index (κ2) is 9.93. The molecular formula is C26H24N2O5S. The Morgan fingerprint density at radius 1 is 0.941 bits per heavy atom. The topological polar surface area (TPSA) is 110 Å². The summed E-state index contributed by atoms with van der Waals surface area (Å²) >= 11 is 0. The molecule has 4 rings (SSSR count). The number of benzene rings is 3. The van der Waals surface area contributed by atoms with Crippen molar-refractivity contribution in [1.82, 2.24) is 10.5 Å². The number of sulfone groups is 1. The normalized spacial score (nSPS) is 11.3. The van der Waals surface area contributed by atoms with Crippen LogP contribution in [0.25, 0.3) is 22.4 Å². The highest BCUT2D eigenvalue weighted by atomic mass is 32.2. The maximum atomic E-state index is 12.8. The molecule has 0 unspecified atom stereocenters. The molecule has 0 atom stereocenters. The Balaban J connectivity index is 1.42. The lowest BCUT2D eigenvalue weighted by Crippen LogP contribution is -2.26. The van der Waals surface area contributed by atoms with Crippen LogP contribution in [0, 0.1) is 6.92 Å². The van der Waals surface area contributed by atoms with E-state index in [1.807, 2.05) is 37.3 Å². The van der Waals surface area contributed by atoms with Crippen LogP contribution < -0.4 is 5.32 Å². The van der Waals surface area contributed by atoms with Crippen LogP contribution in [-0.4, -0.2) is 36.9 Å². The molecule has 34 heavy (non-hydrogen) atoms. The van der Waals surface area contributed by atoms with Gasteiger partial charge in [0.25, 0.3) is 5.91 Å². The predicted octanol–water partition coefficient (Wildman–Crippen LogP) is 4.62. The third kappa shape index (κ3) is 5.02. The first-order valence-corrected chi connectivity index (χ1v) is 12.4. The molecule has 0 aliphatic carbocycles. The second-order valence-electron chi connectivity index (χ2n) is 7.80. The molecule has 0 saturated carbocycles. The van der Waals surface area contributed by atoms with Gasteiger partial charge in [0.15, 0.2) is 9.84 Å². The minimum absolute atomic E-state index is 0.116. The molecular weight excluding hydrogens is 452 g/mol. The zero-order chi connectivity index (χ0) is 24.1. The summed E-state index contributed by atoms with van der Waals surface area (Å²) in [7, 11) is -3.53. The minimum atomic E-state index is -3.53. The van der Waals surface area contributed by atoms with E-state index in [1.165, 1.54) is 12.1 Å². The SMILES string of the molecule is Cc1onc(-c2ccccc2)c1-c1ccc(S(=O)(=O)CCCNC(=O)c2ccccc2O)cc1. The lowest BCUT2D eigenvalue weighted by atomic mass is 10.00. The van der Waals surface area contributed by atoms with Gasteiger partial charge in [-0.05, 0) is 43.2 Å². The van der Waals surface area contributed by atoms with Gasteiger partial charge in [-0.15, -0.1) is 0 Å². The Bertz CT molecular complexity index is 1390. The molecule has 0 saturated heterocycles. The summed E-state index contributed by atoms with van der Waals surface area (Å²) in [6.45, 7) is 1.99. The number of aromatic nitrogens is 1. The number of nitrogens with one attached hydrogen (secondary N) is 1. The number of para-hydroxylation sites is 1. The molecule has 0 aliphatic heterocycles. The van der Waals surface area contributed by atoms with E-state index in [-0.39, 0.29) is 34.9 Å². The summed E-state index contributed by atoms with van der Waals surface area (Å²) in [5, 5.41) is 16.6. The molecule has 3 aromatic carbocycles. The molecule has 1 aromatic heterocycles. The van der Waals surface area contributed by atoms with Crippen LogP contribution in [0.15, 0.2) is 88.3 Å². The van der Waals surface area contributed by atoms with E-state index >= 15 is 0 Å². The van der Waals surface area contributed by atoms with Crippen LogP contribution in [-0.2, 0) is 9.84 Å². The average molecular weight is 477 g/mol. The van der Waals surface area contributed by atoms with Crippen LogP contribution >= 0.6 is 0 Å². The van der Waals surface area contributed by atoms with Crippen LogP contribution in [0.4, 0.5) is 0 Å². The molecule has 7 nitrogen and oxygen atoms in total. The number of aromatic hydroxyl groups is 1. The number of nitrogens with zero attached hydrogens (tertiary/aromatic N) is 1. The quantitative estimate of drug-likeness (QED) is 0.359. The van der Waals surface area contributed by atoms with Gasteiger partial charge in [0.2, 0.25) is 0 Å². The van der Waals surface area contributed by atoms with Gasteiger partial charge in [-0.1, -0.05) is 59.8 Å². The number of carbonyl (C=O) groups excluding carboxylic acids is 1. The fourth-order valence-electron chi connectivity index (χ4n) is 3.68. The van der Waals surface area contributed by atoms with Gasteiger partial charge < -0.3 is 14.9 Å². The van der Waals surface area contributed by atoms with Crippen LogP contribution in [0.3, 0.4) is 0 Å². The van der Waals surface area contributed by atoms with Crippen LogP contribution in [0.1, 0.15) is 22.5 Å². The van der Waals surface area contributed by atoms with E-state index in [0.717, 1.165) is 16.7 Å². The molecule has 1 heterocycles. The Morgan fingerprint density at radius 2 is 1.62 bits per heavy atom. The maximum Gasteiger partial charge on any atom is 0.255 e. The lowest BCUT2D eigenvalue weighted by molar-refractivity contribution is 0.0951. The highest BCUT2D eigenvalue weighted by Crippen LogP contribution is 2.34. The van der Waals surface area contributed by atoms with E-state index < -0.39 is 15.7 Å². The van der Waals surface area contributed by atoms with Gasteiger partial charge in [-0.25, -0.2) is 8.42 Å². The number of aryl methyl sites for hydroxylation is 1. The summed E-state index contributed by atoms with van der Waals surface area (Å²) < 4.78 is 30.9. The second-order valence-corrected chi connectivity index (χ2v) is 9.91. The van der Waals surface area contributed by atoms with Crippen molar-refractivity contribution in [3.05, 3.63) is 90.2 Å². The molecule has 2 N–H and O–H groups in total. The van der Waals surface area contributed by atoms with Crippen molar-refractivity contribution in [3.8, 4) is 28.1 Å². The summed E-state index contributed by atoms with van der Waals surface area (Å²) in [4.78, 5) is 12.3. The minimum Gasteiger partial charge on any atom is -0.507 e. The number of amides is 1. The standard InChI is InChI=1S/C26H24N2O5S/c1-18-24(25(28-33-18)20-8-3-2-4-9-20)19-12-14-21(15-13-19)34(31,32)17-7-16-27-26(30)22-10-5-6-11-23(22)29/h2-6,8-15,29H,7,16-17H2,1H3,(H,27,30). The maximum absolute atomic E-state index is 12.8. The Hall–Kier alpha value is -3.91. The van der Waals surface area contributed by atoms with Gasteiger partial charge in [-0.3, -0.25) is 4.79 Å². The van der Waals surface area contributed by atoms with Gasteiger partial charge in [-0.2, -0.15) is 0 Å². The van der Waals surface area contributed by atoms with Crippen molar-refractivity contribution in [2.45, 2.75) is 18.2 Å². The molecule has 8 heteroatoms. The molecule has 1 amide bonds. The van der Waals surface area contributed by atoms with Crippen molar-refractivity contribution in [3.63, 3.8) is 0 Å². The highest BCUT2D eigenvalue weighted by Gasteiger charge is 2.19. The molecule has 0 fully saturated rings. The number of hydrogen-bond acceptors (Lipinski definition) is 6. The summed E-state index contributed by atoms with van der Waals surface area (Å²) in [6.07, 6.45) is 0.242. The average Bonchev–Trinajstić information content (AvgIpc) is 3.24. The molecule has 0 aliphatic rings. The molecule has 0 radical (unpaired) electrons. The zero-order valence-electron chi connectivity index (χ0n) is 18.6. The summed E-state index contributed by atoms with van der Waals surface area (Å²) in [5.41, 5.74) is 3.40. The third-order valence-corrected chi connectivity index (χ3v) is 7.25. The van der Waals surface area contributed by atoms with E-state index in [0.29, 0.717) is 11.5 Å². The monoisotopic (exact) mass is 476 g/mol. The molecule has 4 aromatic rings. The first-order chi connectivity index (χ1) is 16.4. The molecule has 174 valence electrons. The van der Waals surface area contributed by atoms with Crippen molar-refractivity contribution in [2.24, 2.45) is 0 Å². The van der Waals surface area contributed by atoms with E-state index in [4.69, 9.17) is 4.52 Å². The predicted molar refractivity (Wildman–Crippen MR) is 129 cm³/mol. The van der Waals surface area contributed by atoms with E-state index in [2.05, 4.69) is 10.5 Å². The van der Waals surface area contributed by atoms with Gasteiger partial charge in [0.05, 0.1) is 21.8 Å². The number of carbonyl (C=O) groups is 1. The van der Waals surface area contributed by atoms with Crippen molar-refractivity contribution < 1.29 is 22.8 Å². The summed E-state index contributed by atoms with van der Waals surface area (Å²) in [6, 6.07) is 22.5. The van der Waals surface area contributed by atoms with Gasteiger partial charge in [0.1, 0.15) is 17.2 Å². The number of phenolic OH excluding ortho intramolecular Hbond substituents is 1. The van der Waals surface area contributed by atoms with Crippen molar-refractivity contribution in [1.29, 1.82) is 0 Å². The zero-order valence-corrected chi connectivity index (χ0v) is 19.4. The first-order valence-electron chi connectivity index (χ1n) is 10.8. The number of rotatable bonds is 8. The van der Waals surface area contributed by atoms with E-state index in [9.17, 15) is 18.3 Å². The number of hydrogen-bond donors (Lipinski definition) is 2. The Morgan fingerprint density at radius 3 is 2.32 bits per heavy atom. The fraction of sp³-hybridized carbons (Fsp3) is 0.154. The number of phenols is 1. The van der Waals surface area contributed by atoms with Crippen LogP contribution in [0.2, 0.25) is 0 Å². The van der Waals surface area contributed by atoms with Crippen LogP contribution in [0.5, 0.6) is 5.75 Å². The molecule has 0 spiro atoms. The van der Waals surface area contributed by atoms with Crippen molar-refractivity contribution in [2.75, 3.05) is 12.3 Å². The Kier molecular flexibility index (Phi) is 6.79. The third-order valence-electron chi connectivity index (χ3n) is 5.44. The Labute approximate surface area is 198 Å². The first kappa shape index (κ1) is 23.3. The van der Waals surface area contributed by atoms with Gasteiger partial charge >= 0.3 is 0 Å². The summed E-state index contributed by atoms with van der Waals surface area (Å²) in [5.74, 6) is -0.0337. The highest BCUT2D eigenvalue weighted by molar-refractivity contribution is 7.91. The molecule has 0 bridgehead atoms. The smallest absolute Gasteiger partial charge is 0.255 e. The van der Waals surface area contributed by atoms with Gasteiger partial charge in [0, 0.05) is 12.1 Å². The van der Waals surface area contributed by atoms with E-state index in [1.54, 1.807) is 36.4 Å². The fourth-order valence-corrected chi connectivity index (χ4v) is 4.99. The van der Waals surface area contributed by atoms with Crippen molar-refractivity contribution >= 4 is 15.7 Å². The largest absolute Gasteiger partial charge is 0.507 e. The lowest BCUT2D eigenvalue weighted by Gasteiger charge is -2.08.